The van der Waals surface area contributed by atoms with Crippen molar-refractivity contribution in [2.45, 2.75) is 32.0 Å². The number of aryl methyl sites for hydroxylation is 1. The summed E-state index contributed by atoms with van der Waals surface area (Å²) in [7, 11) is 2.13. The molecule has 1 saturated heterocycles. The van der Waals surface area contributed by atoms with Gasteiger partial charge in [0.2, 0.25) is 0 Å². The number of likely N-dealkylation sites (tertiary alicyclic amines) is 1. The van der Waals surface area contributed by atoms with Crippen molar-refractivity contribution >= 4 is 0 Å². The highest BCUT2D eigenvalue weighted by Crippen LogP contribution is 2.28. The van der Waals surface area contributed by atoms with Crippen molar-refractivity contribution in [3.63, 3.8) is 0 Å². The third-order valence-corrected chi connectivity index (χ3v) is 3.01. The van der Waals surface area contributed by atoms with E-state index in [9.17, 15) is 0 Å². The molecule has 4 nitrogen and oxygen atoms in total. The normalized spacial score (nSPS) is 28.5. The van der Waals surface area contributed by atoms with Crippen LogP contribution in [0, 0.1) is 0 Å². The molecule has 1 aromatic heterocycles. The van der Waals surface area contributed by atoms with E-state index >= 15 is 0 Å². The molecule has 1 fully saturated rings. The Balaban J connectivity index is 2.20. The number of aromatic nitrogens is 2. The highest BCUT2D eigenvalue weighted by molar-refractivity contribution is 5.15. The Labute approximate surface area is 84.7 Å². The van der Waals surface area contributed by atoms with Gasteiger partial charge in [-0.25, -0.2) is 0 Å². The van der Waals surface area contributed by atoms with E-state index in [1.54, 1.807) is 0 Å². The van der Waals surface area contributed by atoms with Gasteiger partial charge in [0, 0.05) is 30.9 Å². The summed E-state index contributed by atoms with van der Waals surface area (Å²) in [6.45, 7) is 4.10. The van der Waals surface area contributed by atoms with E-state index in [1.807, 2.05) is 10.9 Å². The second-order valence-electron chi connectivity index (χ2n) is 4.01. The Kier molecular flexibility index (Phi) is 2.56. The summed E-state index contributed by atoms with van der Waals surface area (Å²) >= 11 is 0. The Bertz CT molecular complexity index is 297. The zero-order chi connectivity index (χ0) is 10.1. The molecule has 4 heteroatoms. The fraction of sp³-hybridized carbons (Fsp3) is 0.700. The molecular formula is C10H18N4. The number of nitrogens with two attached hydrogens (primary N) is 1. The predicted molar refractivity (Wildman–Crippen MR) is 55.9 cm³/mol. The van der Waals surface area contributed by atoms with Gasteiger partial charge in [0.25, 0.3) is 0 Å². The molecule has 0 aliphatic carbocycles. The number of hydrogen-bond acceptors (Lipinski definition) is 3. The molecule has 2 unspecified atom stereocenters. The van der Waals surface area contributed by atoms with Crippen molar-refractivity contribution in [2.24, 2.45) is 5.73 Å². The molecule has 2 N–H and O–H groups in total. The van der Waals surface area contributed by atoms with Crippen LogP contribution in [0.25, 0.3) is 0 Å². The van der Waals surface area contributed by atoms with Gasteiger partial charge in [0.15, 0.2) is 0 Å². The molecular weight excluding hydrogens is 176 g/mol. The molecule has 0 amide bonds. The quantitative estimate of drug-likeness (QED) is 0.750. The van der Waals surface area contributed by atoms with Crippen LogP contribution in [0.5, 0.6) is 0 Å². The maximum Gasteiger partial charge on any atom is 0.0538 e. The van der Waals surface area contributed by atoms with Gasteiger partial charge >= 0.3 is 0 Å². The average molecular weight is 194 g/mol. The first-order valence-corrected chi connectivity index (χ1v) is 5.20. The van der Waals surface area contributed by atoms with Crippen LogP contribution in [0.2, 0.25) is 0 Å². The molecule has 0 spiro atoms. The van der Waals surface area contributed by atoms with Gasteiger partial charge in [-0.1, -0.05) is 0 Å². The molecule has 1 aliphatic heterocycles. The van der Waals surface area contributed by atoms with E-state index in [0.29, 0.717) is 6.04 Å². The predicted octanol–water partition coefficient (Wildman–Crippen LogP) is 0.607. The second-order valence-corrected chi connectivity index (χ2v) is 4.01. The van der Waals surface area contributed by atoms with Crippen molar-refractivity contribution in [1.29, 1.82) is 0 Å². The topological polar surface area (TPSA) is 47.1 Å². The number of nitrogens with zero attached hydrogens (tertiary/aromatic N) is 3. The average Bonchev–Trinajstić information content (AvgIpc) is 2.73. The summed E-state index contributed by atoms with van der Waals surface area (Å²) in [6, 6.07) is 0.616. The lowest BCUT2D eigenvalue weighted by molar-refractivity contribution is 0.304. The molecule has 14 heavy (non-hydrogen) atoms. The van der Waals surface area contributed by atoms with Crippen molar-refractivity contribution < 1.29 is 0 Å². The van der Waals surface area contributed by atoms with Crippen molar-refractivity contribution in [1.82, 2.24) is 14.7 Å². The number of rotatable bonds is 2. The van der Waals surface area contributed by atoms with Crippen molar-refractivity contribution in [3.05, 3.63) is 18.0 Å². The molecule has 1 aromatic rings. The first-order valence-electron chi connectivity index (χ1n) is 5.20. The minimum atomic E-state index is 0.259. The fourth-order valence-corrected chi connectivity index (χ4v) is 2.18. The van der Waals surface area contributed by atoms with Crippen LogP contribution in [0.1, 0.15) is 24.9 Å². The number of hydrogen-bond donors (Lipinski definition) is 1. The Hall–Kier alpha value is -0.870. The lowest BCUT2D eigenvalue weighted by Gasteiger charge is -2.21. The van der Waals surface area contributed by atoms with E-state index in [1.165, 1.54) is 5.56 Å². The van der Waals surface area contributed by atoms with Crippen LogP contribution in [0.3, 0.4) is 0 Å². The highest BCUT2D eigenvalue weighted by Gasteiger charge is 2.30. The van der Waals surface area contributed by atoms with Crippen LogP contribution in [0.15, 0.2) is 12.4 Å². The first kappa shape index (κ1) is 9.68. The largest absolute Gasteiger partial charge is 0.326 e. The molecule has 0 radical (unpaired) electrons. The summed E-state index contributed by atoms with van der Waals surface area (Å²) < 4.78 is 1.95. The van der Waals surface area contributed by atoms with Gasteiger partial charge in [0.05, 0.1) is 12.2 Å². The maximum absolute atomic E-state index is 6.07. The fourth-order valence-electron chi connectivity index (χ4n) is 2.18. The molecule has 1 aliphatic rings. The summed E-state index contributed by atoms with van der Waals surface area (Å²) in [4.78, 5) is 2.31. The lowest BCUT2D eigenvalue weighted by Crippen LogP contribution is -2.29. The van der Waals surface area contributed by atoms with Crippen LogP contribution >= 0.6 is 0 Å². The molecule has 0 saturated carbocycles. The molecule has 0 bridgehead atoms. The van der Waals surface area contributed by atoms with Crippen LogP contribution < -0.4 is 5.73 Å². The van der Waals surface area contributed by atoms with Gasteiger partial charge in [-0.3, -0.25) is 9.58 Å². The Morgan fingerprint density at radius 1 is 1.64 bits per heavy atom. The molecule has 2 rings (SSSR count). The maximum atomic E-state index is 6.07. The monoisotopic (exact) mass is 194 g/mol. The van der Waals surface area contributed by atoms with Gasteiger partial charge in [-0.05, 0) is 20.4 Å². The second kappa shape index (κ2) is 3.71. The molecule has 78 valence electrons. The van der Waals surface area contributed by atoms with Gasteiger partial charge < -0.3 is 5.73 Å². The zero-order valence-electron chi connectivity index (χ0n) is 8.85. The third-order valence-electron chi connectivity index (χ3n) is 3.01. The molecule has 0 aromatic carbocycles. The highest BCUT2D eigenvalue weighted by atomic mass is 15.3. The lowest BCUT2D eigenvalue weighted by atomic mass is 10.1. The standard InChI is InChI=1S/C10H18N4/c1-3-14-7-8(6-12-14)10-9(11)4-5-13(10)2/h6-7,9-10H,3-5,11H2,1-2H3. The van der Waals surface area contributed by atoms with E-state index < -0.39 is 0 Å². The first-order chi connectivity index (χ1) is 6.72. The summed E-state index contributed by atoms with van der Waals surface area (Å²) in [5.41, 5.74) is 7.32. The summed E-state index contributed by atoms with van der Waals surface area (Å²) in [5.74, 6) is 0. The van der Waals surface area contributed by atoms with Crippen LogP contribution in [0.4, 0.5) is 0 Å². The van der Waals surface area contributed by atoms with Crippen molar-refractivity contribution in [2.75, 3.05) is 13.6 Å². The molecule has 2 atom stereocenters. The zero-order valence-corrected chi connectivity index (χ0v) is 8.85. The smallest absolute Gasteiger partial charge is 0.0538 e. The van der Waals surface area contributed by atoms with Crippen LogP contribution in [-0.4, -0.2) is 34.3 Å². The van der Waals surface area contributed by atoms with Crippen LogP contribution in [-0.2, 0) is 6.54 Å². The minimum Gasteiger partial charge on any atom is -0.326 e. The number of likely N-dealkylation sites (N-methyl/N-ethyl adjacent to an activating group) is 1. The van der Waals surface area contributed by atoms with E-state index in [4.69, 9.17) is 5.73 Å². The van der Waals surface area contributed by atoms with Gasteiger partial charge in [0.1, 0.15) is 0 Å². The Morgan fingerprint density at radius 3 is 2.93 bits per heavy atom. The van der Waals surface area contributed by atoms with E-state index in [0.717, 1.165) is 19.5 Å². The SMILES string of the molecule is CCn1cc(C2C(N)CCN2C)cn1. The van der Waals surface area contributed by atoms with E-state index in [-0.39, 0.29) is 6.04 Å². The summed E-state index contributed by atoms with van der Waals surface area (Å²) in [5, 5.41) is 4.28. The summed E-state index contributed by atoms with van der Waals surface area (Å²) in [6.07, 6.45) is 5.13. The minimum absolute atomic E-state index is 0.259. The van der Waals surface area contributed by atoms with Gasteiger partial charge in [-0.2, -0.15) is 5.10 Å². The van der Waals surface area contributed by atoms with Gasteiger partial charge in [-0.15, -0.1) is 0 Å². The van der Waals surface area contributed by atoms with Crippen molar-refractivity contribution in [3.8, 4) is 0 Å². The Morgan fingerprint density at radius 2 is 2.43 bits per heavy atom. The van der Waals surface area contributed by atoms with E-state index in [2.05, 4.69) is 30.2 Å². The third kappa shape index (κ3) is 1.55. The molecule has 2 heterocycles.